The Morgan fingerprint density at radius 3 is 2.72 bits per heavy atom. The van der Waals surface area contributed by atoms with Crippen molar-refractivity contribution < 1.29 is 4.74 Å². The van der Waals surface area contributed by atoms with Gasteiger partial charge in [0.15, 0.2) is 0 Å². The number of hydrogen-bond donors (Lipinski definition) is 0. The van der Waals surface area contributed by atoms with Crippen molar-refractivity contribution in [1.29, 1.82) is 5.26 Å². The van der Waals surface area contributed by atoms with E-state index in [0.717, 1.165) is 30.0 Å². The van der Waals surface area contributed by atoms with Gasteiger partial charge >= 0.3 is 0 Å². The van der Waals surface area contributed by atoms with E-state index in [1.165, 1.54) is 5.56 Å². The lowest BCUT2D eigenvalue weighted by Gasteiger charge is -2.09. The van der Waals surface area contributed by atoms with Crippen LogP contribution in [0.15, 0.2) is 48.6 Å². The number of hydrogen-bond acceptors (Lipinski definition) is 3. The van der Waals surface area contributed by atoms with E-state index in [-0.39, 0.29) is 5.92 Å². The standard InChI is InChI=1S/C21H23N3O/c1-4-24-21(25-19-10-8-17(9-11-19)15(2)3)13-20(23-24)18-7-5-6-16(12-18)14-22/h5,7-13,15-16H,4,6H2,1-3H3. The Bertz CT molecular complexity index is 835. The average molecular weight is 333 g/mol. The molecule has 2 aromatic rings. The molecule has 4 heteroatoms. The number of aryl methyl sites for hydroxylation is 1. The van der Waals surface area contributed by atoms with Crippen molar-refractivity contribution in [2.45, 2.75) is 39.7 Å². The summed E-state index contributed by atoms with van der Waals surface area (Å²) in [6.45, 7) is 7.11. The van der Waals surface area contributed by atoms with Crippen molar-refractivity contribution in [3.63, 3.8) is 0 Å². The van der Waals surface area contributed by atoms with E-state index in [2.05, 4.69) is 37.1 Å². The zero-order valence-electron chi connectivity index (χ0n) is 14.9. The maximum Gasteiger partial charge on any atom is 0.218 e. The molecule has 0 aliphatic heterocycles. The van der Waals surface area contributed by atoms with Crippen LogP contribution in [0.25, 0.3) is 5.57 Å². The van der Waals surface area contributed by atoms with Gasteiger partial charge in [-0.2, -0.15) is 10.4 Å². The van der Waals surface area contributed by atoms with Crippen LogP contribution in [-0.2, 0) is 6.54 Å². The van der Waals surface area contributed by atoms with Gasteiger partial charge in [-0.3, -0.25) is 0 Å². The molecule has 1 heterocycles. The molecule has 1 aliphatic rings. The van der Waals surface area contributed by atoms with Crippen LogP contribution in [0.4, 0.5) is 0 Å². The second-order valence-electron chi connectivity index (χ2n) is 6.51. The molecule has 0 bridgehead atoms. The number of nitrogens with zero attached hydrogens (tertiary/aromatic N) is 3. The Morgan fingerprint density at radius 1 is 1.32 bits per heavy atom. The minimum atomic E-state index is -0.0836. The lowest BCUT2D eigenvalue weighted by molar-refractivity contribution is 0.416. The highest BCUT2D eigenvalue weighted by atomic mass is 16.5. The molecule has 0 saturated heterocycles. The highest BCUT2D eigenvalue weighted by Crippen LogP contribution is 2.29. The number of allylic oxidation sites excluding steroid dienone is 4. The van der Waals surface area contributed by atoms with Crippen LogP contribution in [0.2, 0.25) is 0 Å². The predicted molar refractivity (Wildman–Crippen MR) is 99.3 cm³/mol. The first-order valence-corrected chi connectivity index (χ1v) is 8.74. The van der Waals surface area contributed by atoms with E-state index in [9.17, 15) is 0 Å². The summed E-state index contributed by atoms with van der Waals surface area (Å²) >= 11 is 0. The minimum Gasteiger partial charge on any atom is -0.439 e. The molecule has 1 atom stereocenters. The van der Waals surface area contributed by atoms with Crippen LogP contribution in [-0.4, -0.2) is 9.78 Å². The fourth-order valence-corrected chi connectivity index (χ4v) is 2.83. The normalized spacial score (nSPS) is 16.6. The number of nitriles is 1. The molecular weight excluding hydrogens is 310 g/mol. The van der Waals surface area contributed by atoms with Crippen LogP contribution >= 0.6 is 0 Å². The molecule has 0 fully saturated rings. The molecule has 3 rings (SSSR count). The lowest BCUT2D eigenvalue weighted by atomic mass is 9.96. The zero-order valence-corrected chi connectivity index (χ0v) is 14.9. The molecule has 1 aromatic heterocycles. The smallest absolute Gasteiger partial charge is 0.218 e. The van der Waals surface area contributed by atoms with Crippen LogP contribution in [0.1, 0.15) is 44.4 Å². The summed E-state index contributed by atoms with van der Waals surface area (Å²) in [6.07, 6.45) is 6.79. The van der Waals surface area contributed by atoms with Crippen molar-refractivity contribution in [3.8, 4) is 17.7 Å². The highest BCUT2D eigenvalue weighted by Gasteiger charge is 2.15. The maximum absolute atomic E-state index is 9.14. The monoisotopic (exact) mass is 333 g/mol. The van der Waals surface area contributed by atoms with E-state index < -0.39 is 0 Å². The molecule has 1 aromatic carbocycles. The largest absolute Gasteiger partial charge is 0.439 e. The van der Waals surface area contributed by atoms with Crippen molar-refractivity contribution in [3.05, 3.63) is 59.8 Å². The molecule has 0 N–H and O–H groups in total. The van der Waals surface area contributed by atoms with Gasteiger partial charge in [-0.15, -0.1) is 0 Å². The summed E-state index contributed by atoms with van der Waals surface area (Å²) in [5.74, 6) is 1.93. The zero-order chi connectivity index (χ0) is 17.8. The van der Waals surface area contributed by atoms with Crippen molar-refractivity contribution in [1.82, 2.24) is 9.78 Å². The van der Waals surface area contributed by atoms with Crippen LogP contribution in [0, 0.1) is 17.2 Å². The van der Waals surface area contributed by atoms with Gasteiger partial charge < -0.3 is 4.74 Å². The number of ether oxygens (including phenoxy) is 1. The van der Waals surface area contributed by atoms with Crippen molar-refractivity contribution in [2.75, 3.05) is 0 Å². The van der Waals surface area contributed by atoms with E-state index in [1.54, 1.807) is 0 Å². The molecule has 1 unspecified atom stereocenters. The Labute approximate surface area is 149 Å². The van der Waals surface area contributed by atoms with Crippen LogP contribution in [0.5, 0.6) is 11.6 Å². The molecule has 25 heavy (non-hydrogen) atoms. The summed E-state index contributed by atoms with van der Waals surface area (Å²) in [7, 11) is 0. The Morgan fingerprint density at radius 2 is 2.08 bits per heavy atom. The second-order valence-corrected chi connectivity index (χ2v) is 6.51. The van der Waals surface area contributed by atoms with Gasteiger partial charge in [0.1, 0.15) is 5.75 Å². The van der Waals surface area contributed by atoms with Gasteiger partial charge in [-0.05, 0) is 42.5 Å². The topological polar surface area (TPSA) is 50.8 Å². The van der Waals surface area contributed by atoms with Crippen molar-refractivity contribution in [2.24, 2.45) is 5.92 Å². The van der Waals surface area contributed by atoms with Crippen LogP contribution in [0.3, 0.4) is 0 Å². The lowest BCUT2D eigenvalue weighted by Crippen LogP contribution is -2.01. The Balaban J connectivity index is 1.85. The first kappa shape index (κ1) is 17.0. The molecule has 1 aliphatic carbocycles. The van der Waals surface area contributed by atoms with E-state index >= 15 is 0 Å². The quantitative estimate of drug-likeness (QED) is 0.746. The summed E-state index contributed by atoms with van der Waals surface area (Å²) in [5.41, 5.74) is 3.11. The Hall–Kier alpha value is -2.80. The number of benzene rings is 1. The first-order chi connectivity index (χ1) is 12.1. The van der Waals surface area contributed by atoms with E-state index in [1.807, 2.05) is 48.0 Å². The van der Waals surface area contributed by atoms with Gasteiger partial charge in [0, 0.05) is 12.6 Å². The van der Waals surface area contributed by atoms with Gasteiger partial charge in [-0.25, -0.2) is 4.68 Å². The SMILES string of the molecule is CCn1nc(C2=CC(C#N)CC=C2)cc1Oc1ccc(C(C)C)cc1. The molecular formula is C21H23N3O. The predicted octanol–water partition coefficient (Wildman–Crippen LogP) is 5.30. The molecule has 0 saturated carbocycles. The van der Waals surface area contributed by atoms with Gasteiger partial charge in [0.2, 0.25) is 5.88 Å². The average Bonchev–Trinajstić information content (AvgIpc) is 3.05. The third-order valence-corrected chi connectivity index (χ3v) is 4.34. The fraction of sp³-hybridized carbons (Fsp3) is 0.333. The second kappa shape index (κ2) is 7.40. The van der Waals surface area contributed by atoms with Crippen LogP contribution < -0.4 is 4.74 Å². The molecule has 0 radical (unpaired) electrons. The summed E-state index contributed by atoms with van der Waals surface area (Å²) in [6, 6.07) is 12.4. The molecule has 4 nitrogen and oxygen atoms in total. The third-order valence-electron chi connectivity index (χ3n) is 4.34. The highest BCUT2D eigenvalue weighted by molar-refractivity contribution is 5.73. The maximum atomic E-state index is 9.14. The Kier molecular flexibility index (Phi) is 5.04. The minimum absolute atomic E-state index is 0.0836. The molecule has 128 valence electrons. The fourth-order valence-electron chi connectivity index (χ4n) is 2.83. The first-order valence-electron chi connectivity index (χ1n) is 8.74. The number of rotatable bonds is 5. The van der Waals surface area contributed by atoms with E-state index in [4.69, 9.17) is 10.00 Å². The molecule has 0 amide bonds. The van der Waals surface area contributed by atoms with Gasteiger partial charge in [0.05, 0.1) is 17.7 Å². The summed E-state index contributed by atoms with van der Waals surface area (Å²) < 4.78 is 7.89. The van der Waals surface area contributed by atoms with Gasteiger partial charge in [-0.1, -0.05) is 44.2 Å². The van der Waals surface area contributed by atoms with Gasteiger partial charge in [0.25, 0.3) is 0 Å². The van der Waals surface area contributed by atoms with E-state index in [0.29, 0.717) is 11.8 Å². The molecule has 0 spiro atoms. The summed E-state index contributed by atoms with van der Waals surface area (Å²) in [4.78, 5) is 0. The number of aromatic nitrogens is 2. The van der Waals surface area contributed by atoms with Crippen molar-refractivity contribution >= 4 is 5.57 Å². The third kappa shape index (κ3) is 3.83. The summed E-state index contributed by atoms with van der Waals surface area (Å²) in [5, 5.41) is 13.8.